The molecular weight excluding hydrogens is 524 g/mol. The molecule has 0 atom stereocenters. The molecule has 0 aliphatic heterocycles. The van der Waals surface area contributed by atoms with E-state index in [1.54, 1.807) is 12.1 Å². The normalized spacial score (nSPS) is 12.1. The van der Waals surface area contributed by atoms with Crippen LogP contribution in [-0.4, -0.2) is 36.1 Å². The summed E-state index contributed by atoms with van der Waals surface area (Å²) in [7, 11) is -3.84. The summed E-state index contributed by atoms with van der Waals surface area (Å²) >= 11 is 5.84. The Labute approximate surface area is 207 Å². The third kappa shape index (κ3) is 6.17. The standard InChI is InChI=1S/C22H17ClF4N6O2S/c23-15-9-13(3-6-16(15)24)17-7-8-18-19(31-17)20(30-11-22(25,26)27)33-21(32-18)29-10-12-1-4-14(5-2-12)36(28,34)35/h1-9H,10-11H2,(H2,28,34,35)(H2,29,30,32,33). The molecule has 8 nitrogen and oxygen atoms in total. The van der Waals surface area contributed by atoms with Gasteiger partial charge in [-0.1, -0.05) is 23.7 Å². The highest BCUT2D eigenvalue weighted by molar-refractivity contribution is 7.89. The molecule has 0 saturated carbocycles. The molecule has 0 unspecified atom stereocenters. The fourth-order valence-electron chi connectivity index (χ4n) is 3.19. The van der Waals surface area contributed by atoms with Crippen molar-refractivity contribution in [2.45, 2.75) is 17.6 Å². The molecule has 4 rings (SSSR count). The highest BCUT2D eigenvalue weighted by atomic mass is 35.5. The van der Waals surface area contributed by atoms with Crippen molar-refractivity contribution >= 4 is 44.4 Å². The van der Waals surface area contributed by atoms with Gasteiger partial charge in [-0.05, 0) is 48.0 Å². The number of rotatable bonds is 7. The smallest absolute Gasteiger partial charge is 0.359 e. The lowest BCUT2D eigenvalue weighted by Crippen LogP contribution is -2.22. The first kappa shape index (κ1) is 25.5. The van der Waals surface area contributed by atoms with Crippen molar-refractivity contribution in [2.75, 3.05) is 17.2 Å². The van der Waals surface area contributed by atoms with Crippen LogP contribution in [-0.2, 0) is 16.6 Å². The van der Waals surface area contributed by atoms with Gasteiger partial charge in [0.1, 0.15) is 17.9 Å². The summed E-state index contributed by atoms with van der Waals surface area (Å²) in [5.41, 5.74) is 1.76. The summed E-state index contributed by atoms with van der Waals surface area (Å²) in [6.07, 6.45) is -4.52. The van der Waals surface area contributed by atoms with E-state index in [9.17, 15) is 26.0 Å². The van der Waals surface area contributed by atoms with E-state index in [2.05, 4.69) is 25.6 Å². The summed E-state index contributed by atoms with van der Waals surface area (Å²) in [5.74, 6) is -0.770. The van der Waals surface area contributed by atoms with Crippen LogP contribution in [0.25, 0.3) is 22.3 Å². The number of halogens is 5. The van der Waals surface area contributed by atoms with E-state index in [0.29, 0.717) is 16.8 Å². The molecule has 4 N–H and O–H groups in total. The molecule has 0 amide bonds. The maximum atomic E-state index is 13.5. The zero-order chi connectivity index (χ0) is 26.1. The van der Waals surface area contributed by atoms with Crippen LogP contribution in [0.2, 0.25) is 5.02 Å². The second-order valence-electron chi connectivity index (χ2n) is 7.60. The number of aromatic nitrogens is 3. The number of fused-ring (bicyclic) bond motifs is 1. The topological polar surface area (TPSA) is 123 Å². The second kappa shape index (κ2) is 9.84. The highest BCUT2D eigenvalue weighted by Crippen LogP contribution is 2.28. The number of benzene rings is 2. The van der Waals surface area contributed by atoms with Gasteiger partial charge in [0, 0.05) is 12.1 Å². The quantitative estimate of drug-likeness (QED) is 0.290. The number of sulfonamides is 1. The number of nitrogens with zero attached hydrogens (tertiary/aromatic N) is 3. The van der Waals surface area contributed by atoms with Crippen molar-refractivity contribution < 1.29 is 26.0 Å². The minimum Gasteiger partial charge on any atom is -0.359 e. The van der Waals surface area contributed by atoms with Gasteiger partial charge in [0.2, 0.25) is 16.0 Å². The molecule has 14 heteroatoms. The monoisotopic (exact) mass is 540 g/mol. The highest BCUT2D eigenvalue weighted by Gasteiger charge is 2.27. The van der Waals surface area contributed by atoms with Gasteiger partial charge in [-0.3, -0.25) is 0 Å². The van der Waals surface area contributed by atoms with E-state index in [1.807, 2.05) is 0 Å². The lowest BCUT2D eigenvalue weighted by atomic mass is 10.1. The minimum atomic E-state index is -4.52. The number of nitrogens with one attached hydrogen (secondary N) is 2. The van der Waals surface area contributed by atoms with E-state index >= 15 is 0 Å². The van der Waals surface area contributed by atoms with Crippen molar-refractivity contribution in [2.24, 2.45) is 5.14 Å². The maximum Gasteiger partial charge on any atom is 0.405 e. The largest absolute Gasteiger partial charge is 0.405 e. The molecule has 2 aromatic carbocycles. The number of nitrogens with two attached hydrogens (primary N) is 1. The zero-order valence-electron chi connectivity index (χ0n) is 18.1. The average molecular weight is 541 g/mol. The molecule has 188 valence electrons. The maximum absolute atomic E-state index is 13.5. The summed E-state index contributed by atoms with van der Waals surface area (Å²) in [5, 5.41) is 10.1. The number of hydrogen-bond donors (Lipinski definition) is 3. The zero-order valence-corrected chi connectivity index (χ0v) is 19.7. The van der Waals surface area contributed by atoms with E-state index in [-0.39, 0.29) is 39.3 Å². The molecule has 0 radical (unpaired) electrons. The molecule has 2 heterocycles. The lowest BCUT2D eigenvalue weighted by molar-refractivity contribution is -0.115. The fraction of sp³-hybridized carbons (Fsp3) is 0.136. The summed E-state index contributed by atoms with van der Waals surface area (Å²) < 4.78 is 75.0. The summed E-state index contributed by atoms with van der Waals surface area (Å²) in [4.78, 5) is 12.8. The second-order valence-corrected chi connectivity index (χ2v) is 9.57. The first-order valence-corrected chi connectivity index (χ1v) is 12.1. The third-order valence-electron chi connectivity index (χ3n) is 4.92. The third-order valence-corrected chi connectivity index (χ3v) is 6.14. The van der Waals surface area contributed by atoms with Crippen molar-refractivity contribution in [3.05, 3.63) is 71.0 Å². The Kier molecular flexibility index (Phi) is 6.98. The van der Waals surface area contributed by atoms with Gasteiger partial charge in [-0.2, -0.15) is 18.2 Å². The Morgan fingerprint density at radius 1 is 0.944 bits per heavy atom. The molecule has 0 spiro atoms. The SMILES string of the molecule is NS(=O)(=O)c1ccc(CNc2nc(NCC(F)(F)F)c3nc(-c4ccc(F)c(Cl)c4)ccc3n2)cc1. The molecular formula is C22H17ClF4N6O2S. The lowest BCUT2D eigenvalue weighted by Gasteiger charge is -2.14. The van der Waals surface area contributed by atoms with Crippen LogP contribution in [0.3, 0.4) is 0 Å². The van der Waals surface area contributed by atoms with Crippen LogP contribution in [0.1, 0.15) is 5.56 Å². The van der Waals surface area contributed by atoms with E-state index in [1.165, 1.54) is 36.4 Å². The van der Waals surface area contributed by atoms with E-state index < -0.39 is 28.6 Å². The van der Waals surface area contributed by atoms with Crippen molar-refractivity contribution in [3.63, 3.8) is 0 Å². The summed E-state index contributed by atoms with van der Waals surface area (Å²) in [6, 6.07) is 12.8. The van der Waals surface area contributed by atoms with Crippen LogP contribution < -0.4 is 15.8 Å². The van der Waals surface area contributed by atoms with Gasteiger partial charge in [-0.25, -0.2) is 27.9 Å². The fourth-order valence-corrected chi connectivity index (χ4v) is 3.89. The van der Waals surface area contributed by atoms with Gasteiger partial charge >= 0.3 is 6.18 Å². The number of alkyl halides is 3. The Balaban J connectivity index is 1.66. The predicted octanol–water partition coefficient (Wildman–Crippen LogP) is 4.72. The van der Waals surface area contributed by atoms with Crippen molar-refractivity contribution in [3.8, 4) is 11.3 Å². The Hall–Kier alpha value is -3.55. The van der Waals surface area contributed by atoms with Crippen LogP contribution >= 0.6 is 11.6 Å². The minimum absolute atomic E-state index is 0.0158. The van der Waals surface area contributed by atoms with Crippen LogP contribution in [0, 0.1) is 5.82 Å². The average Bonchev–Trinajstić information content (AvgIpc) is 2.82. The molecule has 4 aromatic rings. The van der Waals surface area contributed by atoms with Gasteiger partial charge < -0.3 is 10.6 Å². The molecule has 0 aliphatic carbocycles. The number of pyridine rings is 1. The van der Waals surface area contributed by atoms with Gasteiger partial charge in [-0.15, -0.1) is 0 Å². The molecule has 0 aliphatic rings. The Morgan fingerprint density at radius 2 is 1.67 bits per heavy atom. The molecule has 0 bridgehead atoms. The number of hydrogen-bond acceptors (Lipinski definition) is 7. The Bertz CT molecular complexity index is 1530. The summed E-state index contributed by atoms with van der Waals surface area (Å²) in [6.45, 7) is -1.21. The van der Waals surface area contributed by atoms with Crippen molar-refractivity contribution in [1.82, 2.24) is 15.0 Å². The molecule has 0 fully saturated rings. The van der Waals surface area contributed by atoms with Crippen LogP contribution in [0.4, 0.5) is 29.3 Å². The first-order chi connectivity index (χ1) is 16.9. The van der Waals surface area contributed by atoms with E-state index in [0.717, 1.165) is 6.07 Å². The first-order valence-electron chi connectivity index (χ1n) is 10.2. The number of primary sulfonamides is 1. The Morgan fingerprint density at radius 3 is 2.31 bits per heavy atom. The van der Waals surface area contributed by atoms with Gasteiger partial charge in [0.25, 0.3) is 0 Å². The van der Waals surface area contributed by atoms with Gasteiger partial charge in [0.05, 0.1) is 21.1 Å². The van der Waals surface area contributed by atoms with Crippen LogP contribution in [0.15, 0.2) is 59.5 Å². The van der Waals surface area contributed by atoms with Gasteiger partial charge in [0.15, 0.2) is 5.82 Å². The van der Waals surface area contributed by atoms with Crippen LogP contribution in [0.5, 0.6) is 0 Å². The molecule has 36 heavy (non-hydrogen) atoms. The number of anilines is 2. The predicted molar refractivity (Wildman–Crippen MR) is 127 cm³/mol. The van der Waals surface area contributed by atoms with Crippen molar-refractivity contribution in [1.29, 1.82) is 0 Å². The molecule has 2 aromatic heterocycles. The van der Waals surface area contributed by atoms with E-state index in [4.69, 9.17) is 16.7 Å². The molecule has 0 saturated heterocycles.